The minimum Gasteiger partial charge on any atom is -0.496 e. The number of hydrogen-bond donors (Lipinski definition) is 2. The summed E-state index contributed by atoms with van der Waals surface area (Å²) in [5.74, 6) is -0.297. The second-order valence-electron chi connectivity index (χ2n) is 3.24. The molecule has 0 radical (unpaired) electrons. The van der Waals surface area contributed by atoms with Crippen LogP contribution in [0.4, 0.5) is 0 Å². The van der Waals surface area contributed by atoms with E-state index in [1.807, 2.05) is 12.2 Å². The molecule has 4 heteroatoms. The van der Waals surface area contributed by atoms with Gasteiger partial charge in [0, 0.05) is 5.56 Å². The summed E-state index contributed by atoms with van der Waals surface area (Å²) in [6, 6.07) is 4.74. The van der Waals surface area contributed by atoms with Gasteiger partial charge < -0.3 is 15.6 Å². The van der Waals surface area contributed by atoms with Gasteiger partial charge in [0.2, 0.25) is 0 Å². The van der Waals surface area contributed by atoms with Crippen LogP contribution in [0.3, 0.4) is 0 Å². The second-order valence-corrected chi connectivity index (χ2v) is 3.24. The van der Waals surface area contributed by atoms with Crippen molar-refractivity contribution in [2.24, 2.45) is 5.73 Å². The monoisotopic (exact) mass is 221 g/mol. The van der Waals surface area contributed by atoms with Crippen LogP contribution in [0.5, 0.6) is 5.75 Å². The van der Waals surface area contributed by atoms with E-state index in [1.165, 1.54) is 6.07 Å². The number of carbonyl (C=O) groups is 1. The summed E-state index contributed by atoms with van der Waals surface area (Å²) < 4.78 is 5.14. The summed E-state index contributed by atoms with van der Waals surface area (Å²) in [6.07, 6.45) is 4.46. The molecule has 0 aliphatic heterocycles. The van der Waals surface area contributed by atoms with Crippen molar-refractivity contribution in [3.8, 4) is 5.75 Å². The van der Waals surface area contributed by atoms with Crippen molar-refractivity contribution in [2.75, 3.05) is 13.7 Å². The van der Waals surface area contributed by atoms with E-state index in [0.717, 1.165) is 12.0 Å². The summed E-state index contributed by atoms with van der Waals surface area (Å²) >= 11 is 0. The molecule has 0 saturated carbocycles. The molecule has 0 aliphatic rings. The molecule has 0 amide bonds. The summed E-state index contributed by atoms with van der Waals surface area (Å²) in [5.41, 5.74) is 6.35. The van der Waals surface area contributed by atoms with Gasteiger partial charge in [-0.3, -0.25) is 0 Å². The maximum Gasteiger partial charge on any atom is 0.335 e. The topological polar surface area (TPSA) is 72.5 Å². The number of hydrogen-bond acceptors (Lipinski definition) is 3. The van der Waals surface area contributed by atoms with E-state index in [0.29, 0.717) is 12.3 Å². The first kappa shape index (κ1) is 12.3. The molecular formula is C12H15NO3. The van der Waals surface area contributed by atoms with Crippen LogP contribution in [-0.4, -0.2) is 24.7 Å². The zero-order chi connectivity index (χ0) is 12.0. The number of carboxylic acid groups (broad SMARTS) is 1. The maximum absolute atomic E-state index is 10.8. The van der Waals surface area contributed by atoms with Gasteiger partial charge in [0.25, 0.3) is 0 Å². The molecular weight excluding hydrogens is 206 g/mol. The van der Waals surface area contributed by atoms with Gasteiger partial charge in [-0.1, -0.05) is 12.2 Å². The van der Waals surface area contributed by atoms with Crippen LogP contribution in [0.1, 0.15) is 22.3 Å². The van der Waals surface area contributed by atoms with Crippen LogP contribution in [-0.2, 0) is 0 Å². The lowest BCUT2D eigenvalue weighted by atomic mass is 10.1. The number of rotatable bonds is 5. The fourth-order valence-electron chi connectivity index (χ4n) is 1.30. The molecule has 4 nitrogen and oxygen atoms in total. The number of nitrogens with two attached hydrogens (primary N) is 1. The quantitative estimate of drug-likeness (QED) is 0.794. The zero-order valence-electron chi connectivity index (χ0n) is 9.14. The maximum atomic E-state index is 10.8. The Morgan fingerprint density at radius 3 is 2.88 bits per heavy atom. The van der Waals surface area contributed by atoms with E-state index in [9.17, 15) is 4.79 Å². The number of ether oxygens (including phenoxy) is 1. The highest BCUT2D eigenvalue weighted by atomic mass is 16.5. The number of benzene rings is 1. The van der Waals surface area contributed by atoms with E-state index in [-0.39, 0.29) is 5.56 Å². The van der Waals surface area contributed by atoms with Gasteiger partial charge in [0.05, 0.1) is 12.7 Å². The van der Waals surface area contributed by atoms with Crippen LogP contribution >= 0.6 is 0 Å². The normalized spacial score (nSPS) is 10.6. The van der Waals surface area contributed by atoms with E-state index < -0.39 is 5.97 Å². The highest BCUT2D eigenvalue weighted by molar-refractivity contribution is 5.88. The van der Waals surface area contributed by atoms with Crippen LogP contribution in [0.25, 0.3) is 6.08 Å². The summed E-state index contributed by atoms with van der Waals surface area (Å²) in [5, 5.41) is 8.86. The predicted octanol–water partition coefficient (Wildman–Crippen LogP) is 1.76. The Labute approximate surface area is 94.3 Å². The Bertz CT molecular complexity index is 399. The molecule has 0 aliphatic carbocycles. The predicted molar refractivity (Wildman–Crippen MR) is 62.7 cm³/mol. The lowest BCUT2D eigenvalue weighted by molar-refractivity contribution is 0.0697. The molecule has 1 aromatic rings. The molecule has 0 atom stereocenters. The van der Waals surface area contributed by atoms with E-state index in [2.05, 4.69) is 0 Å². The van der Waals surface area contributed by atoms with Crippen molar-refractivity contribution in [1.29, 1.82) is 0 Å². The number of carboxylic acids is 1. The first-order valence-electron chi connectivity index (χ1n) is 4.97. The highest BCUT2D eigenvalue weighted by Gasteiger charge is 2.06. The average Bonchev–Trinajstić information content (AvgIpc) is 2.29. The third kappa shape index (κ3) is 3.10. The summed E-state index contributed by atoms with van der Waals surface area (Å²) in [4.78, 5) is 10.8. The van der Waals surface area contributed by atoms with Gasteiger partial charge in [0.15, 0.2) is 0 Å². The Balaban J connectivity index is 3.02. The highest BCUT2D eigenvalue weighted by Crippen LogP contribution is 2.21. The molecule has 1 rings (SSSR count). The third-order valence-electron chi connectivity index (χ3n) is 2.11. The van der Waals surface area contributed by atoms with Crippen molar-refractivity contribution in [3.63, 3.8) is 0 Å². The smallest absolute Gasteiger partial charge is 0.335 e. The first-order chi connectivity index (χ1) is 7.69. The van der Waals surface area contributed by atoms with E-state index in [4.69, 9.17) is 15.6 Å². The molecule has 1 aromatic carbocycles. The lowest BCUT2D eigenvalue weighted by Crippen LogP contribution is -1.98. The van der Waals surface area contributed by atoms with Crippen molar-refractivity contribution in [1.82, 2.24) is 0 Å². The lowest BCUT2D eigenvalue weighted by Gasteiger charge is -2.05. The third-order valence-corrected chi connectivity index (χ3v) is 2.11. The van der Waals surface area contributed by atoms with Crippen LogP contribution in [0.15, 0.2) is 24.3 Å². The molecule has 0 heterocycles. The van der Waals surface area contributed by atoms with Gasteiger partial charge in [-0.25, -0.2) is 4.79 Å². The van der Waals surface area contributed by atoms with Gasteiger partial charge in [-0.15, -0.1) is 0 Å². The second kappa shape index (κ2) is 5.92. The Morgan fingerprint density at radius 2 is 2.31 bits per heavy atom. The largest absolute Gasteiger partial charge is 0.496 e. The number of methoxy groups -OCH3 is 1. The molecule has 16 heavy (non-hydrogen) atoms. The van der Waals surface area contributed by atoms with E-state index >= 15 is 0 Å². The van der Waals surface area contributed by atoms with Gasteiger partial charge in [-0.05, 0) is 31.2 Å². The molecule has 86 valence electrons. The van der Waals surface area contributed by atoms with Crippen LogP contribution < -0.4 is 10.5 Å². The number of aromatic carboxylic acids is 1. The van der Waals surface area contributed by atoms with Crippen molar-refractivity contribution in [3.05, 3.63) is 35.4 Å². The standard InChI is InChI=1S/C12H15NO3/c1-16-11-6-5-10(12(14)15)8-9(11)4-2-3-7-13/h2,4-6,8H,3,7,13H2,1H3,(H,14,15). The van der Waals surface area contributed by atoms with Crippen molar-refractivity contribution < 1.29 is 14.6 Å². The molecule has 0 aromatic heterocycles. The van der Waals surface area contributed by atoms with E-state index in [1.54, 1.807) is 19.2 Å². The average molecular weight is 221 g/mol. The summed E-state index contributed by atoms with van der Waals surface area (Å²) in [6.45, 7) is 0.567. The van der Waals surface area contributed by atoms with Crippen molar-refractivity contribution in [2.45, 2.75) is 6.42 Å². The van der Waals surface area contributed by atoms with Crippen LogP contribution in [0, 0.1) is 0 Å². The van der Waals surface area contributed by atoms with Crippen LogP contribution in [0.2, 0.25) is 0 Å². The Hall–Kier alpha value is -1.81. The summed E-state index contributed by atoms with van der Waals surface area (Å²) in [7, 11) is 1.55. The fraction of sp³-hybridized carbons (Fsp3) is 0.250. The molecule has 0 bridgehead atoms. The first-order valence-corrected chi connectivity index (χ1v) is 4.97. The Morgan fingerprint density at radius 1 is 1.56 bits per heavy atom. The van der Waals surface area contributed by atoms with Gasteiger partial charge >= 0.3 is 5.97 Å². The van der Waals surface area contributed by atoms with Gasteiger partial charge in [0.1, 0.15) is 5.75 Å². The van der Waals surface area contributed by atoms with Gasteiger partial charge in [-0.2, -0.15) is 0 Å². The molecule has 0 unspecified atom stereocenters. The SMILES string of the molecule is COc1ccc(C(=O)O)cc1C=CCCN. The Kier molecular flexibility index (Phi) is 4.54. The fourth-order valence-corrected chi connectivity index (χ4v) is 1.30. The molecule has 0 spiro atoms. The molecule has 0 saturated heterocycles. The zero-order valence-corrected chi connectivity index (χ0v) is 9.14. The minimum atomic E-state index is -0.948. The van der Waals surface area contributed by atoms with Crippen molar-refractivity contribution >= 4 is 12.0 Å². The molecule has 0 fully saturated rings. The molecule has 3 N–H and O–H groups in total. The minimum absolute atomic E-state index is 0.244.